The second kappa shape index (κ2) is 4.21. The van der Waals surface area contributed by atoms with Gasteiger partial charge in [-0.15, -0.1) is 0 Å². The number of anilines is 1. The lowest BCUT2D eigenvalue weighted by molar-refractivity contribution is 0.611. The third kappa shape index (κ3) is 2.49. The molecule has 1 nitrogen and oxygen atoms in total. The van der Waals surface area contributed by atoms with Gasteiger partial charge < -0.3 is 5.32 Å². The summed E-state index contributed by atoms with van der Waals surface area (Å²) in [7, 11) is 0. The molecule has 0 radical (unpaired) electrons. The van der Waals surface area contributed by atoms with Crippen LogP contribution >= 0.6 is 0 Å². The summed E-state index contributed by atoms with van der Waals surface area (Å²) < 4.78 is 13.5. The number of rotatable bonds is 4. The first-order chi connectivity index (χ1) is 7.20. The lowest BCUT2D eigenvalue weighted by atomic mass is 10.1. The summed E-state index contributed by atoms with van der Waals surface area (Å²) in [6.45, 7) is 4.14. The average Bonchev–Trinajstić information content (AvgIpc) is 3.01. The van der Waals surface area contributed by atoms with E-state index in [9.17, 15) is 4.39 Å². The molecule has 1 aliphatic carbocycles. The van der Waals surface area contributed by atoms with Crippen molar-refractivity contribution in [2.45, 2.75) is 39.2 Å². The lowest BCUT2D eigenvalue weighted by Gasteiger charge is -2.14. The molecule has 2 rings (SSSR count). The fraction of sp³-hybridized carbons (Fsp3) is 0.538. The minimum Gasteiger partial charge on any atom is -0.382 e. The highest BCUT2D eigenvalue weighted by atomic mass is 19.1. The van der Waals surface area contributed by atoms with Crippen LogP contribution in [0, 0.1) is 11.7 Å². The fourth-order valence-electron chi connectivity index (χ4n) is 1.90. The Bertz CT molecular complexity index is 344. The fourth-order valence-corrected chi connectivity index (χ4v) is 1.90. The van der Waals surface area contributed by atoms with Crippen LogP contribution in [-0.4, -0.2) is 6.04 Å². The van der Waals surface area contributed by atoms with Crippen molar-refractivity contribution in [2.24, 2.45) is 5.92 Å². The van der Waals surface area contributed by atoms with Crippen molar-refractivity contribution in [3.8, 4) is 0 Å². The van der Waals surface area contributed by atoms with Gasteiger partial charge in [0.25, 0.3) is 0 Å². The topological polar surface area (TPSA) is 12.0 Å². The molecule has 1 atom stereocenters. The van der Waals surface area contributed by atoms with Gasteiger partial charge in [0.05, 0.1) is 0 Å². The van der Waals surface area contributed by atoms with E-state index in [-0.39, 0.29) is 5.82 Å². The molecular formula is C13H18FN. The first-order valence-corrected chi connectivity index (χ1v) is 5.75. The Labute approximate surface area is 90.7 Å². The quantitative estimate of drug-likeness (QED) is 0.795. The Morgan fingerprint density at radius 1 is 1.47 bits per heavy atom. The highest BCUT2D eigenvalue weighted by Crippen LogP contribution is 2.34. The van der Waals surface area contributed by atoms with Gasteiger partial charge in [-0.2, -0.15) is 0 Å². The monoisotopic (exact) mass is 207 g/mol. The van der Waals surface area contributed by atoms with Gasteiger partial charge in [0, 0.05) is 11.7 Å². The molecule has 0 heterocycles. The van der Waals surface area contributed by atoms with Gasteiger partial charge in [-0.25, -0.2) is 4.39 Å². The van der Waals surface area contributed by atoms with Gasteiger partial charge in [-0.3, -0.25) is 0 Å². The predicted octanol–water partition coefficient (Wildman–Crippen LogP) is 3.60. The van der Waals surface area contributed by atoms with Gasteiger partial charge in [-0.1, -0.05) is 13.0 Å². The van der Waals surface area contributed by atoms with Crippen molar-refractivity contribution in [1.29, 1.82) is 0 Å². The molecule has 0 saturated heterocycles. The number of benzene rings is 1. The third-order valence-corrected chi connectivity index (χ3v) is 3.16. The molecule has 0 aromatic heterocycles. The maximum atomic E-state index is 13.5. The van der Waals surface area contributed by atoms with Crippen LogP contribution in [0.2, 0.25) is 0 Å². The van der Waals surface area contributed by atoms with Crippen LogP contribution in [0.3, 0.4) is 0 Å². The third-order valence-electron chi connectivity index (χ3n) is 3.16. The number of aryl methyl sites for hydroxylation is 1. The zero-order valence-electron chi connectivity index (χ0n) is 9.39. The van der Waals surface area contributed by atoms with Crippen LogP contribution in [0.4, 0.5) is 10.1 Å². The normalized spacial score (nSPS) is 17.5. The highest BCUT2D eigenvalue weighted by Gasteiger charge is 2.27. The molecule has 0 bridgehead atoms. The van der Waals surface area contributed by atoms with E-state index < -0.39 is 0 Å². The molecule has 1 aliphatic rings. The summed E-state index contributed by atoms with van der Waals surface area (Å²) in [6.07, 6.45) is 3.37. The molecular weight excluding hydrogens is 189 g/mol. The molecule has 82 valence electrons. The summed E-state index contributed by atoms with van der Waals surface area (Å²) in [5.74, 6) is 0.699. The lowest BCUT2D eigenvalue weighted by Crippen LogP contribution is -2.17. The first kappa shape index (κ1) is 10.5. The van der Waals surface area contributed by atoms with Crippen molar-refractivity contribution < 1.29 is 4.39 Å². The Balaban J connectivity index is 2.05. The largest absolute Gasteiger partial charge is 0.382 e. The van der Waals surface area contributed by atoms with E-state index in [0.29, 0.717) is 6.04 Å². The van der Waals surface area contributed by atoms with E-state index in [1.807, 2.05) is 19.1 Å². The molecule has 0 spiro atoms. The Kier molecular flexibility index (Phi) is 2.94. The first-order valence-electron chi connectivity index (χ1n) is 5.75. The zero-order chi connectivity index (χ0) is 10.8. The van der Waals surface area contributed by atoms with E-state index in [2.05, 4.69) is 12.2 Å². The number of nitrogens with one attached hydrogen (secondary N) is 1. The Morgan fingerprint density at radius 2 is 2.20 bits per heavy atom. The van der Waals surface area contributed by atoms with Crippen molar-refractivity contribution in [1.82, 2.24) is 0 Å². The summed E-state index contributed by atoms with van der Waals surface area (Å²) in [6, 6.07) is 5.92. The van der Waals surface area contributed by atoms with Crippen LogP contribution in [0.25, 0.3) is 0 Å². The van der Waals surface area contributed by atoms with Crippen molar-refractivity contribution in [3.05, 3.63) is 29.6 Å². The van der Waals surface area contributed by atoms with E-state index in [1.54, 1.807) is 6.07 Å². The highest BCUT2D eigenvalue weighted by molar-refractivity contribution is 5.46. The van der Waals surface area contributed by atoms with Crippen molar-refractivity contribution in [3.63, 3.8) is 0 Å². The van der Waals surface area contributed by atoms with E-state index in [4.69, 9.17) is 0 Å². The summed E-state index contributed by atoms with van der Waals surface area (Å²) >= 11 is 0. The summed E-state index contributed by atoms with van der Waals surface area (Å²) in [5.41, 5.74) is 1.70. The maximum absolute atomic E-state index is 13.5. The van der Waals surface area contributed by atoms with Gasteiger partial charge in [0.2, 0.25) is 0 Å². The van der Waals surface area contributed by atoms with Crippen molar-refractivity contribution >= 4 is 5.69 Å². The van der Waals surface area contributed by atoms with E-state index >= 15 is 0 Å². The van der Waals surface area contributed by atoms with Crippen LogP contribution in [0.5, 0.6) is 0 Å². The number of halogens is 1. The standard InChI is InChI=1S/C13H18FN/c1-3-10-6-7-12(8-13(10)14)15-9(2)11-4-5-11/h6-9,11,15H,3-5H2,1-2H3. The molecule has 0 amide bonds. The molecule has 1 aromatic carbocycles. The molecule has 15 heavy (non-hydrogen) atoms. The molecule has 1 fully saturated rings. The molecule has 0 aliphatic heterocycles. The van der Waals surface area contributed by atoms with Gasteiger partial charge in [0.1, 0.15) is 5.82 Å². The van der Waals surface area contributed by atoms with Crippen LogP contribution in [0.15, 0.2) is 18.2 Å². The minimum atomic E-state index is -0.0921. The molecule has 1 aromatic rings. The van der Waals surface area contributed by atoms with E-state index in [0.717, 1.165) is 23.6 Å². The van der Waals surface area contributed by atoms with Gasteiger partial charge in [-0.05, 0) is 49.8 Å². The second-order valence-electron chi connectivity index (χ2n) is 4.43. The Morgan fingerprint density at radius 3 is 2.73 bits per heavy atom. The number of hydrogen-bond donors (Lipinski definition) is 1. The number of hydrogen-bond acceptors (Lipinski definition) is 1. The van der Waals surface area contributed by atoms with Crippen LogP contribution in [-0.2, 0) is 6.42 Å². The van der Waals surface area contributed by atoms with Crippen LogP contribution in [0.1, 0.15) is 32.3 Å². The summed E-state index contributed by atoms with van der Waals surface area (Å²) in [4.78, 5) is 0. The SMILES string of the molecule is CCc1ccc(NC(C)C2CC2)cc1F. The molecule has 1 N–H and O–H groups in total. The van der Waals surface area contributed by atoms with Crippen LogP contribution < -0.4 is 5.32 Å². The van der Waals surface area contributed by atoms with Gasteiger partial charge in [0.15, 0.2) is 0 Å². The van der Waals surface area contributed by atoms with E-state index in [1.165, 1.54) is 12.8 Å². The average molecular weight is 207 g/mol. The maximum Gasteiger partial charge on any atom is 0.128 e. The van der Waals surface area contributed by atoms with Gasteiger partial charge >= 0.3 is 0 Å². The Hall–Kier alpha value is -1.05. The summed E-state index contributed by atoms with van der Waals surface area (Å²) in [5, 5.41) is 3.36. The zero-order valence-corrected chi connectivity index (χ0v) is 9.39. The molecule has 2 heteroatoms. The second-order valence-corrected chi connectivity index (χ2v) is 4.43. The smallest absolute Gasteiger partial charge is 0.128 e. The predicted molar refractivity (Wildman–Crippen MR) is 61.6 cm³/mol. The van der Waals surface area contributed by atoms with Crippen molar-refractivity contribution in [2.75, 3.05) is 5.32 Å². The minimum absolute atomic E-state index is 0.0921. The molecule has 1 saturated carbocycles. The molecule has 1 unspecified atom stereocenters.